The third-order valence-electron chi connectivity index (χ3n) is 4.47. The Morgan fingerprint density at radius 1 is 1.00 bits per heavy atom. The standard InChI is InChI=1S/C23H21N3O3/c1-2-6-22-25-26-23(29-22)17-11-13-18(14-12-17)28-15-21(27)24-20-10-5-8-16-7-3-4-9-19(16)20/h3-5,7-14H,2,6,15H2,1H3,(H,24,27). The predicted molar refractivity (Wildman–Crippen MR) is 112 cm³/mol. The summed E-state index contributed by atoms with van der Waals surface area (Å²) in [6, 6.07) is 21.0. The molecule has 4 rings (SSSR count). The van der Waals surface area contributed by atoms with E-state index >= 15 is 0 Å². The van der Waals surface area contributed by atoms with Crippen LogP contribution in [0.2, 0.25) is 0 Å². The zero-order valence-corrected chi connectivity index (χ0v) is 16.1. The number of aromatic nitrogens is 2. The number of nitrogens with zero attached hydrogens (tertiary/aromatic N) is 2. The second kappa shape index (κ2) is 8.56. The minimum Gasteiger partial charge on any atom is -0.484 e. The van der Waals surface area contributed by atoms with Crippen molar-refractivity contribution in [3.63, 3.8) is 0 Å². The minimum absolute atomic E-state index is 0.0796. The van der Waals surface area contributed by atoms with Gasteiger partial charge in [0, 0.05) is 23.1 Å². The fraction of sp³-hybridized carbons (Fsp3) is 0.174. The van der Waals surface area contributed by atoms with Gasteiger partial charge < -0.3 is 14.5 Å². The number of hydrogen-bond acceptors (Lipinski definition) is 5. The van der Waals surface area contributed by atoms with Crippen LogP contribution in [0.1, 0.15) is 19.2 Å². The first-order valence-corrected chi connectivity index (χ1v) is 9.56. The number of carbonyl (C=O) groups is 1. The molecule has 4 aromatic rings. The Kier molecular flexibility index (Phi) is 5.52. The van der Waals surface area contributed by atoms with Crippen molar-refractivity contribution in [2.24, 2.45) is 0 Å². The third-order valence-corrected chi connectivity index (χ3v) is 4.47. The summed E-state index contributed by atoms with van der Waals surface area (Å²) in [5.41, 5.74) is 1.58. The number of hydrogen-bond donors (Lipinski definition) is 1. The maximum absolute atomic E-state index is 12.3. The maximum atomic E-state index is 12.3. The van der Waals surface area contributed by atoms with E-state index in [0.717, 1.165) is 34.9 Å². The predicted octanol–water partition coefficient (Wildman–Crippen LogP) is 4.86. The van der Waals surface area contributed by atoms with Crippen LogP contribution in [0, 0.1) is 0 Å². The van der Waals surface area contributed by atoms with Gasteiger partial charge >= 0.3 is 0 Å². The molecule has 0 saturated carbocycles. The van der Waals surface area contributed by atoms with Crippen LogP contribution >= 0.6 is 0 Å². The number of anilines is 1. The number of ether oxygens (including phenoxy) is 1. The molecule has 1 amide bonds. The highest BCUT2D eigenvalue weighted by atomic mass is 16.5. The molecule has 6 nitrogen and oxygen atoms in total. The van der Waals surface area contributed by atoms with E-state index in [0.29, 0.717) is 17.5 Å². The van der Waals surface area contributed by atoms with Crippen LogP contribution in [0.3, 0.4) is 0 Å². The van der Waals surface area contributed by atoms with E-state index in [-0.39, 0.29) is 12.5 Å². The normalized spacial score (nSPS) is 10.8. The molecule has 1 aromatic heterocycles. The van der Waals surface area contributed by atoms with Gasteiger partial charge in [0.05, 0.1) is 0 Å². The second-order valence-electron chi connectivity index (χ2n) is 6.64. The van der Waals surface area contributed by atoms with Gasteiger partial charge in [-0.2, -0.15) is 0 Å². The molecule has 146 valence electrons. The van der Waals surface area contributed by atoms with Gasteiger partial charge in [0.25, 0.3) is 5.91 Å². The van der Waals surface area contributed by atoms with Crippen molar-refractivity contribution in [1.29, 1.82) is 0 Å². The van der Waals surface area contributed by atoms with Gasteiger partial charge in [-0.1, -0.05) is 43.3 Å². The first-order chi connectivity index (χ1) is 14.2. The lowest BCUT2D eigenvalue weighted by Gasteiger charge is -2.10. The van der Waals surface area contributed by atoms with Crippen molar-refractivity contribution in [1.82, 2.24) is 10.2 Å². The Bertz CT molecular complexity index is 1110. The molecular weight excluding hydrogens is 366 g/mol. The van der Waals surface area contributed by atoms with Crippen molar-refractivity contribution in [2.75, 3.05) is 11.9 Å². The Balaban J connectivity index is 1.36. The molecule has 1 heterocycles. The summed E-state index contributed by atoms with van der Waals surface area (Å²) in [6.07, 6.45) is 1.72. The molecule has 29 heavy (non-hydrogen) atoms. The molecule has 6 heteroatoms. The zero-order chi connectivity index (χ0) is 20.1. The first kappa shape index (κ1) is 18.7. The monoisotopic (exact) mass is 387 g/mol. The summed E-state index contributed by atoms with van der Waals surface area (Å²) in [7, 11) is 0. The van der Waals surface area contributed by atoms with Crippen molar-refractivity contribution >= 4 is 22.4 Å². The minimum atomic E-state index is -0.216. The van der Waals surface area contributed by atoms with Crippen molar-refractivity contribution in [2.45, 2.75) is 19.8 Å². The quantitative estimate of drug-likeness (QED) is 0.490. The number of amides is 1. The lowest BCUT2D eigenvalue weighted by Crippen LogP contribution is -2.20. The van der Waals surface area contributed by atoms with E-state index in [9.17, 15) is 4.79 Å². The lowest BCUT2D eigenvalue weighted by molar-refractivity contribution is -0.118. The fourth-order valence-corrected chi connectivity index (χ4v) is 3.05. The number of aryl methyl sites for hydroxylation is 1. The van der Waals surface area contributed by atoms with E-state index in [1.54, 1.807) is 12.1 Å². The van der Waals surface area contributed by atoms with Crippen molar-refractivity contribution < 1.29 is 13.9 Å². The molecule has 0 saturated heterocycles. The number of fused-ring (bicyclic) bond motifs is 1. The molecule has 0 fully saturated rings. The molecule has 0 aliphatic carbocycles. The zero-order valence-electron chi connectivity index (χ0n) is 16.1. The smallest absolute Gasteiger partial charge is 0.262 e. The van der Waals surface area contributed by atoms with Crippen LogP contribution in [0.15, 0.2) is 71.1 Å². The molecular formula is C23H21N3O3. The molecule has 3 aromatic carbocycles. The van der Waals surface area contributed by atoms with Gasteiger partial charge in [0.2, 0.25) is 11.8 Å². The Hall–Kier alpha value is -3.67. The summed E-state index contributed by atoms with van der Waals surface area (Å²) in [5, 5.41) is 13.1. The molecule has 0 bridgehead atoms. The van der Waals surface area contributed by atoms with Crippen LogP contribution in [-0.2, 0) is 11.2 Å². The van der Waals surface area contributed by atoms with Crippen molar-refractivity contribution in [3.8, 4) is 17.2 Å². The van der Waals surface area contributed by atoms with E-state index in [1.165, 1.54) is 0 Å². The number of benzene rings is 3. The van der Waals surface area contributed by atoms with E-state index in [2.05, 4.69) is 22.4 Å². The van der Waals surface area contributed by atoms with Crippen LogP contribution in [0.4, 0.5) is 5.69 Å². The summed E-state index contributed by atoms with van der Waals surface area (Å²) in [4.78, 5) is 12.3. The van der Waals surface area contributed by atoms with Crippen molar-refractivity contribution in [3.05, 3.63) is 72.6 Å². The average molecular weight is 387 g/mol. The molecule has 0 atom stereocenters. The van der Waals surface area contributed by atoms with Crippen LogP contribution < -0.4 is 10.1 Å². The van der Waals surface area contributed by atoms with Gasteiger partial charge in [-0.15, -0.1) is 10.2 Å². The van der Waals surface area contributed by atoms with E-state index in [4.69, 9.17) is 9.15 Å². The molecule has 0 radical (unpaired) electrons. The highest BCUT2D eigenvalue weighted by Crippen LogP contribution is 2.24. The van der Waals surface area contributed by atoms with Gasteiger partial charge in [-0.3, -0.25) is 4.79 Å². The second-order valence-corrected chi connectivity index (χ2v) is 6.64. The lowest BCUT2D eigenvalue weighted by atomic mass is 10.1. The SMILES string of the molecule is CCCc1nnc(-c2ccc(OCC(=O)Nc3cccc4ccccc34)cc2)o1. The van der Waals surface area contributed by atoms with Crippen LogP contribution in [0.25, 0.3) is 22.2 Å². The highest BCUT2D eigenvalue weighted by molar-refractivity contribution is 6.02. The highest BCUT2D eigenvalue weighted by Gasteiger charge is 2.09. The van der Waals surface area contributed by atoms with Gasteiger partial charge in [-0.25, -0.2) is 0 Å². The van der Waals surface area contributed by atoms with Gasteiger partial charge in [0.15, 0.2) is 6.61 Å². The molecule has 0 unspecified atom stereocenters. The molecule has 0 spiro atoms. The van der Waals surface area contributed by atoms with Crippen LogP contribution in [-0.4, -0.2) is 22.7 Å². The largest absolute Gasteiger partial charge is 0.484 e. The summed E-state index contributed by atoms with van der Waals surface area (Å²) >= 11 is 0. The maximum Gasteiger partial charge on any atom is 0.262 e. The Morgan fingerprint density at radius 2 is 1.79 bits per heavy atom. The van der Waals surface area contributed by atoms with Gasteiger partial charge in [-0.05, 0) is 42.1 Å². The number of carbonyl (C=O) groups excluding carboxylic acids is 1. The number of nitrogens with one attached hydrogen (secondary N) is 1. The Morgan fingerprint density at radius 3 is 2.62 bits per heavy atom. The molecule has 1 N–H and O–H groups in total. The third kappa shape index (κ3) is 4.43. The first-order valence-electron chi connectivity index (χ1n) is 9.56. The topological polar surface area (TPSA) is 77.2 Å². The van der Waals surface area contributed by atoms with Crippen LogP contribution in [0.5, 0.6) is 5.75 Å². The number of rotatable bonds is 7. The van der Waals surface area contributed by atoms with E-state index in [1.807, 2.05) is 54.6 Å². The average Bonchev–Trinajstić information content (AvgIpc) is 3.22. The summed E-state index contributed by atoms with van der Waals surface area (Å²) in [6.45, 7) is 1.98. The molecule has 0 aliphatic heterocycles. The summed E-state index contributed by atoms with van der Waals surface area (Å²) < 4.78 is 11.2. The fourth-order valence-electron chi connectivity index (χ4n) is 3.05. The van der Waals surface area contributed by atoms with E-state index < -0.39 is 0 Å². The Labute approximate surface area is 168 Å². The summed E-state index contributed by atoms with van der Waals surface area (Å²) in [5.74, 6) is 1.49. The molecule has 0 aliphatic rings. The van der Waals surface area contributed by atoms with Gasteiger partial charge in [0.1, 0.15) is 5.75 Å².